The normalized spacial score (nSPS) is 12.7. The van der Waals surface area contributed by atoms with Crippen molar-refractivity contribution in [2.24, 2.45) is 4.99 Å². The SMILES string of the molecule is CCNC(=NCc1ncc(C)s1)NCCCN(C)S(=O)(=O)CC. The number of sulfonamides is 1. The molecule has 132 valence electrons. The highest BCUT2D eigenvalue weighted by Gasteiger charge is 2.13. The van der Waals surface area contributed by atoms with Crippen LogP contribution in [0.4, 0.5) is 0 Å². The van der Waals surface area contributed by atoms with Crippen molar-refractivity contribution in [3.05, 3.63) is 16.1 Å². The predicted octanol–water partition coefficient (Wildman–Crippen LogP) is 1.18. The summed E-state index contributed by atoms with van der Waals surface area (Å²) in [5, 5.41) is 7.37. The molecule has 1 aromatic heterocycles. The molecular weight excluding hydrogens is 334 g/mol. The first kappa shape index (κ1) is 19.9. The molecule has 0 fully saturated rings. The number of aromatic nitrogens is 1. The molecule has 0 aromatic carbocycles. The monoisotopic (exact) mass is 361 g/mol. The third kappa shape index (κ3) is 7.28. The van der Waals surface area contributed by atoms with E-state index >= 15 is 0 Å². The fourth-order valence-corrected chi connectivity index (χ4v) is 3.39. The molecule has 1 heterocycles. The second kappa shape index (κ2) is 9.84. The minimum absolute atomic E-state index is 0.133. The molecule has 0 spiro atoms. The Morgan fingerprint density at radius 3 is 2.70 bits per heavy atom. The van der Waals surface area contributed by atoms with Crippen molar-refractivity contribution < 1.29 is 8.42 Å². The van der Waals surface area contributed by atoms with Crippen molar-refractivity contribution in [1.29, 1.82) is 0 Å². The summed E-state index contributed by atoms with van der Waals surface area (Å²) in [7, 11) is -1.49. The molecule has 0 bridgehead atoms. The van der Waals surface area contributed by atoms with Crippen LogP contribution < -0.4 is 10.6 Å². The minimum Gasteiger partial charge on any atom is -0.357 e. The lowest BCUT2D eigenvalue weighted by Crippen LogP contribution is -2.39. The molecule has 0 amide bonds. The molecule has 0 saturated carbocycles. The van der Waals surface area contributed by atoms with E-state index in [9.17, 15) is 8.42 Å². The van der Waals surface area contributed by atoms with Crippen LogP contribution in [0.2, 0.25) is 0 Å². The van der Waals surface area contributed by atoms with Crippen LogP contribution >= 0.6 is 11.3 Å². The summed E-state index contributed by atoms with van der Waals surface area (Å²) in [5.74, 6) is 0.857. The lowest BCUT2D eigenvalue weighted by Gasteiger charge is -2.16. The minimum atomic E-state index is -3.10. The smallest absolute Gasteiger partial charge is 0.213 e. The number of aliphatic imine (C=N–C) groups is 1. The van der Waals surface area contributed by atoms with E-state index < -0.39 is 10.0 Å². The molecule has 9 heteroatoms. The first-order valence-electron chi connectivity index (χ1n) is 7.76. The van der Waals surface area contributed by atoms with Crippen LogP contribution in [0.3, 0.4) is 0 Å². The molecule has 1 aromatic rings. The first-order valence-corrected chi connectivity index (χ1v) is 10.2. The van der Waals surface area contributed by atoms with Gasteiger partial charge in [0.1, 0.15) is 5.01 Å². The average Bonchev–Trinajstić information content (AvgIpc) is 2.94. The Labute approximate surface area is 143 Å². The highest BCUT2D eigenvalue weighted by molar-refractivity contribution is 7.89. The van der Waals surface area contributed by atoms with Gasteiger partial charge in [-0.15, -0.1) is 11.3 Å². The van der Waals surface area contributed by atoms with Gasteiger partial charge in [-0.1, -0.05) is 0 Å². The van der Waals surface area contributed by atoms with E-state index in [-0.39, 0.29) is 5.75 Å². The maximum absolute atomic E-state index is 11.7. The van der Waals surface area contributed by atoms with Crippen molar-refractivity contribution in [3.8, 4) is 0 Å². The van der Waals surface area contributed by atoms with Crippen LogP contribution in [0.1, 0.15) is 30.2 Å². The Kier molecular flexibility index (Phi) is 8.49. The van der Waals surface area contributed by atoms with Gasteiger partial charge in [0.15, 0.2) is 5.96 Å². The van der Waals surface area contributed by atoms with Crippen LogP contribution in [0.15, 0.2) is 11.2 Å². The summed E-state index contributed by atoms with van der Waals surface area (Å²) in [6.07, 6.45) is 2.57. The highest BCUT2D eigenvalue weighted by Crippen LogP contribution is 2.11. The van der Waals surface area contributed by atoms with Crippen LogP contribution in [0.5, 0.6) is 0 Å². The topological polar surface area (TPSA) is 86.7 Å². The maximum atomic E-state index is 11.7. The molecule has 0 aliphatic heterocycles. The molecule has 23 heavy (non-hydrogen) atoms. The zero-order chi connectivity index (χ0) is 17.3. The Hall–Kier alpha value is -1.19. The van der Waals surface area contributed by atoms with Crippen molar-refractivity contribution in [2.45, 2.75) is 33.7 Å². The molecule has 7 nitrogen and oxygen atoms in total. The Bertz CT molecular complexity index is 598. The van der Waals surface area contributed by atoms with Gasteiger partial charge in [0, 0.05) is 37.8 Å². The fourth-order valence-electron chi connectivity index (χ4n) is 1.83. The lowest BCUT2D eigenvalue weighted by molar-refractivity contribution is 0.461. The van der Waals surface area contributed by atoms with Gasteiger partial charge in [0.05, 0.1) is 12.3 Å². The van der Waals surface area contributed by atoms with Gasteiger partial charge < -0.3 is 10.6 Å². The van der Waals surface area contributed by atoms with Crippen LogP contribution in [0, 0.1) is 6.92 Å². The van der Waals surface area contributed by atoms with Gasteiger partial charge in [-0.05, 0) is 27.2 Å². The molecule has 0 aliphatic carbocycles. The zero-order valence-corrected chi connectivity index (χ0v) is 15.9. The summed E-state index contributed by atoms with van der Waals surface area (Å²) in [5.41, 5.74) is 0. The zero-order valence-electron chi connectivity index (χ0n) is 14.3. The van der Waals surface area contributed by atoms with Gasteiger partial charge in [-0.3, -0.25) is 0 Å². The van der Waals surface area contributed by atoms with Crippen molar-refractivity contribution >= 4 is 27.3 Å². The summed E-state index contributed by atoms with van der Waals surface area (Å²) >= 11 is 1.64. The molecular formula is C14H27N5O2S2. The number of rotatable bonds is 9. The van der Waals surface area contributed by atoms with Gasteiger partial charge in [0.25, 0.3) is 0 Å². The summed E-state index contributed by atoms with van der Waals surface area (Å²) < 4.78 is 24.7. The van der Waals surface area contributed by atoms with E-state index in [1.54, 1.807) is 25.3 Å². The number of guanidine groups is 1. The van der Waals surface area contributed by atoms with E-state index in [2.05, 4.69) is 20.6 Å². The van der Waals surface area contributed by atoms with Crippen molar-refractivity contribution in [3.63, 3.8) is 0 Å². The lowest BCUT2D eigenvalue weighted by atomic mass is 10.4. The third-order valence-corrected chi connectivity index (χ3v) is 5.93. The van der Waals surface area contributed by atoms with E-state index in [1.807, 2.05) is 20.0 Å². The quantitative estimate of drug-likeness (QED) is 0.392. The van der Waals surface area contributed by atoms with E-state index in [4.69, 9.17) is 0 Å². The summed E-state index contributed by atoms with van der Waals surface area (Å²) in [6, 6.07) is 0. The highest BCUT2D eigenvalue weighted by atomic mass is 32.2. The van der Waals surface area contributed by atoms with Crippen molar-refractivity contribution in [1.82, 2.24) is 19.9 Å². The second-order valence-electron chi connectivity index (χ2n) is 5.06. The van der Waals surface area contributed by atoms with Gasteiger partial charge in [-0.2, -0.15) is 0 Å². The predicted molar refractivity (Wildman–Crippen MR) is 96.4 cm³/mol. The van der Waals surface area contributed by atoms with E-state index in [1.165, 1.54) is 9.18 Å². The fraction of sp³-hybridized carbons (Fsp3) is 0.714. The van der Waals surface area contributed by atoms with Crippen LogP contribution in [-0.4, -0.2) is 56.1 Å². The molecule has 0 unspecified atom stereocenters. The first-order chi connectivity index (χ1) is 10.9. The third-order valence-electron chi connectivity index (χ3n) is 3.17. The summed E-state index contributed by atoms with van der Waals surface area (Å²) in [4.78, 5) is 9.95. The second-order valence-corrected chi connectivity index (χ2v) is 8.75. The molecule has 0 radical (unpaired) electrons. The number of nitrogens with one attached hydrogen (secondary N) is 2. The number of hydrogen-bond donors (Lipinski definition) is 2. The molecule has 0 atom stereocenters. The Balaban J connectivity index is 2.41. The average molecular weight is 362 g/mol. The van der Waals surface area contributed by atoms with Gasteiger partial charge >= 0.3 is 0 Å². The van der Waals surface area contributed by atoms with Crippen molar-refractivity contribution in [2.75, 3.05) is 32.4 Å². The molecule has 0 saturated heterocycles. The van der Waals surface area contributed by atoms with Crippen LogP contribution in [-0.2, 0) is 16.6 Å². The molecule has 0 aliphatic rings. The van der Waals surface area contributed by atoms with Crippen LogP contribution in [0.25, 0.3) is 0 Å². The Morgan fingerprint density at radius 2 is 2.13 bits per heavy atom. The number of aryl methyl sites for hydroxylation is 1. The Morgan fingerprint density at radius 1 is 1.39 bits per heavy atom. The number of hydrogen-bond acceptors (Lipinski definition) is 5. The van der Waals surface area contributed by atoms with Gasteiger partial charge in [-0.25, -0.2) is 22.7 Å². The standard InChI is InChI=1S/C14H27N5O2S2/c1-5-15-14(18-11-13-17-10-12(3)22-13)16-8-7-9-19(4)23(20,21)6-2/h10H,5-9,11H2,1-4H3,(H2,15,16,18). The van der Waals surface area contributed by atoms with E-state index in [0.717, 1.165) is 23.9 Å². The maximum Gasteiger partial charge on any atom is 0.213 e. The molecule has 1 rings (SSSR count). The van der Waals surface area contributed by atoms with E-state index in [0.29, 0.717) is 19.6 Å². The summed E-state index contributed by atoms with van der Waals surface area (Å²) in [6.45, 7) is 8.15. The number of nitrogens with zero attached hydrogens (tertiary/aromatic N) is 3. The number of thiazole rings is 1. The largest absolute Gasteiger partial charge is 0.357 e. The van der Waals surface area contributed by atoms with Gasteiger partial charge in [0.2, 0.25) is 10.0 Å². The molecule has 2 N–H and O–H groups in total.